The summed E-state index contributed by atoms with van der Waals surface area (Å²) in [7, 11) is 1.34. The van der Waals surface area contributed by atoms with Crippen LogP contribution in [-0.2, 0) is 14.3 Å². The van der Waals surface area contributed by atoms with Crippen molar-refractivity contribution in [3.05, 3.63) is 28.8 Å². The Morgan fingerprint density at radius 2 is 2.21 bits per heavy atom. The maximum Gasteiger partial charge on any atom is 0.328 e. The summed E-state index contributed by atoms with van der Waals surface area (Å²) in [5.41, 5.74) is 1.60. The highest BCUT2D eigenvalue weighted by Crippen LogP contribution is 2.31. The molecule has 1 amide bonds. The second kappa shape index (κ2) is 5.61. The molecule has 1 saturated heterocycles. The molecule has 0 bridgehead atoms. The number of methoxy groups -OCH3 is 1. The summed E-state index contributed by atoms with van der Waals surface area (Å²) in [6.45, 7) is 1.89. The van der Waals surface area contributed by atoms with Crippen molar-refractivity contribution in [3.63, 3.8) is 0 Å². The average Bonchev–Trinajstić information content (AvgIpc) is 2.40. The number of piperidine rings is 1. The lowest BCUT2D eigenvalue weighted by atomic mass is 9.99. The average molecular weight is 282 g/mol. The molecule has 0 aromatic heterocycles. The Bertz CT molecular complexity index is 515. The second-order valence-electron chi connectivity index (χ2n) is 4.63. The molecule has 102 valence electrons. The molecular weight excluding hydrogens is 266 g/mol. The molecule has 1 aliphatic rings. The summed E-state index contributed by atoms with van der Waals surface area (Å²) in [5.74, 6) is -0.445. The highest BCUT2D eigenvalue weighted by Gasteiger charge is 2.35. The standard InChI is InChI=1S/C14H16ClNO3/c1-9-6-7-10(15)8-12(9)16-11(14(18)19-2)4-3-5-13(16)17/h6-8,11H,3-5H2,1-2H3. The van der Waals surface area contributed by atoms with E-state index in [9.17, 15) is 9.59 Å². The molecule has 5 heteroatoms. The third kappa shape index (κ3) is 2.73. The van der Waals surface area contributed by atoms with Gasteiger partial charge in [-0.3, -0.25) is 9.69 Å². The summed E-state index contributed by atoms with van der Waals surface area (Å²) in [6.07, 6.45) is 1.76. The summed E-state index contributed by atoms with van der Waals surface area (Å²) in [5, 5.41) is 0.544. The Labute approximate surface area is 117 Å². The molecule has 1 aromatic rings. The first-order valence-electron chi connectivity index (χ1n) is 6.20. The number of rotatable bonds is 2. The molecule has 2 rings (SSSR count). The van der Waals surface area contributed by atoms with E-state index in [1.807, 2.05) is 13.0 Å². The van der Waals surface area contributed by atoms with Crippen LogP contribution in [0.3, 0.4) is 0 Å². The van der Waals surface area contributed by atoms with Gasteiger partial charge in [-0.2, -0.15) is 0 Å². The first kappa shape index (κ1) is 13.9. The fourth-order valence-corrected chi connectivity index (χ4v) is 2.54. The van der Waals surface area contributed by atoms with Gasteiger partial charge in [0.25, 0.3) is 0 Å². The molecule has 0 radical (unpaired) electrons. The Morgan fingerprint density at radius 1 is 1.47 bits per heavy atom. The van der Waals surface area contributed by atoms with Gasteiger partial charge in [0.05, 0.1) is 7.11 Å². The fraction of sp³-hybridized carbons (Fsp3) is 0.429. The van der Waals surface area contributed by atoms with Crippen LogP contribution >= 0.6 is 11.6 Å². The van der Waals surface area contributed by atoms with E-state index in [1.165, 1.54) is 12.0 Å². The number of nitrogens with zero attached hydrogens (tertiary/aromatic N) is 1. The van der Waals surface area contributed by atoms with Crippen LogP contribution in [0.4, 0.5) is 5.69 Å². The molecule has 1 fully saturated rings. The Morgan fingerprint density at radius 3 is 2.89 bits per heavy atom. The Kier molecular flexibility index (Phi) is 4.10. The predicted molar refractivity (Wildman–Crippen MR) is 73.3 cm³/mol. The van der Waals surface area contributed by atoms with Gasteiger partial charge >= 0.3 is 5.97 Å². The lowest BCUT2D eigenvalue weighted by molar-refractivity contribution is -0.144. The summed E-state index contributed by atoms with van der Waals surface area (Å²) >= 11 is 5.99. The van der Waals surface area contributed by atoms with Gasteiger partial charge in [0.2, 0.25) is 5.91 Å². The van der Waals surface area contributed by atoms with E-state index in [0.717, 1.165) is 5.56 Å². The van der Waals surface area contributed by atoms with Gasteiger partial charge in [0.1, 0.15) is 6.04 Å². The zero-order chi connectivity index (χ0) is 14.0. The van der Waals surface area contributed by atoms with E-state index >= 15 is 0 Å². The number of carbonyl (C=O) groups excluding carboxylic acids is 2. The molecule has 0 spiro atoms. The number of halogens is 1. The molecule has 1 atom stereocenters. The van der Waals surface area contributed by atoms with Gasteiger partial charge in [0, 0.05) is 17.1 Å². The smallest absolute Gasteiger partial charge is 0.328 e. The SMILES string of the molecule is COC(=O)C1CCCC(=O)N1c1cc(Cl)ccc1C. The van der Waals surface area contributed by atoms with Crippen LogP contribution in [0, 0.1) is 6.92 Å². The third-order valence-corrected chi connectivity index (χ3v) is 3.59. The van der Waals surface area contributed by atoms with E-state index in [0.29, 0.717) is 30.0 Å². The molecular formula is C14H16ClNO3. The number of aryl methyl sites for hydroxylation is 1. The Balaban J connectivity index is 2.44. The number of hydrogen-bond donors (Lipinski definition) is 0. The van der Waals surface area contributed by atoms with E-state index in [4.69, 9.17) is 16.3 Å². The van der Waals surface area contributed by atoms with E-state index < -0.39 is 6.04 Å². The van der Waals surface area contributed by atoms with Crippen LogP contribution in [-0.4, -0.2) is 25.0 Å². The van der Waals surface area contributed by atoms with Crippen molar-refractivity contribution in [1.82, 2.24) is 0 Å². The molecule has 1 heterocycles. The summed E-state index contributed by atoms with van der Waals surface area (Å²) in [4.78, 5) is 25.5. The third-order valence-electron chi connectivity index (χ3n) is 3.35. The minimum absolute atomic E-state index is 0.0629. The van der Waals surface area contributed by atoms with Crippen molar-refractivity contribution in [1.29, 1.82) is 0 Å². The van der Waals surface area contributed by atoms with E-state index in [2.05, 4.69) is 0 Å². The topological polar surface area (TPSA) is 46.6 Å². The highest BCUT2D eigenvalue weighted by molar-refractivity contribution is 6.31. The molecule has 1 aromatic carbocycles. The van der Waals surface area contributed by atoms with Crippen molar-refractivity contribution < 1.29 is 14.3 Å². The highest BCUT2D eigenvalue weighted by atomic mass is 35.5. The molecule has 0 saturated carbocycles. The van der Waals surface area contributed by atoms with E-state index in [1.54, 1.807) is 12.1 Å². The number of benzene rings is 1. The number of carbonyl (C=O) groups is 2. The van der Waals surface area contributed by atoms with Gasteiger partial charge in [-0.1, -0.05) is 17.7 Å². The minimum atomic E-state index is -0.552. The largest absolute Gasteiger partial charge is 0.467 e. The zero-order valence-electron chi connectivity index (χ0n) is 11.0. The maximum atomic E-state index is 12.2. The fourth-order valence-electron chi connectivity index (χ4n) is 2.37. The molecule has 1 unspecified atom stereocenters. The van der Waals surface area contributed by atoms with Gasteiger partial charge in [0.15, 0.2) is 0 Å². The van der Waals surface area contributed by atoms with Crippen molar-refractivity contribution in [3.8, 4) is 0 Å². The molecule has 0 aliphatic carbocycles. The van der Waals surface area contributed by atoms with Crippen LogP contribution in [0.2, 0.25) is 5.02 Å². The quantitative estimate of drug-likeness (QED) is 0.783. The number of anilines is 1. The summed E-state index contributed by atoms with van der Waals surface area (Å²) in [6, 6.07) is 4.77. The molecule has 1 aliphatic heterocycles. The van der Waals surface area contributed by atoms with Crippen molar-refractivity contribution >= 4 is 29.2 Å². The normalized spacial score (nSPS) is 19.4. The summed E-state index contributed by atoms with van der Waals surface area (Å²) < 4.78 is 4.79. The first-order chi connectivity index (χ1) is 9.04. The maximum absolute atomic E-state index is 12.2. The van der Waals surface area contributed by atoms with Gasteiger partial charge in [-0.15, -0.1) is 0 Å². The minimum Gasteiger partial charge on any atom is -0.467 e. The lowest BCUT2D eigenvalue weighted by Crippen LogP contribution is -2.49. The van der Waals surface area contributed by atoms with Crippen LogP contribution in [0.25, 0.3) is 0 Å². The van der Waals surface area contributed by atoms with Crippen LogP contribution < -0.4 is 4.90 Å². The van der Waals surface area contributed by atoms with E-state index in [-0.39, 0.29) is 11.9 Å². The van der Waals surface area contributed by atoms with Crippen LogP contribution in [0.15, 0.2) is 18.2 Å². The number of amides is 1. The number of hydrogen-bond acceptors (Lipinski definition) is 3. The Hall–Kier alpha value is -1.55. The number of ether oxygens (including phenoxy) is 1. The lowest BCUT2D eigenvalue weighted by Gasteiger charge is -2.34. The molecule has 4 nitrogen and oxygen atoms in total. The zero-order valence-corrected chi connectivity index (χ0v) is 11.7. The second-order valence-corrected chi connectivity index (χ2v) is 5.06. The van der Waals surface area contributed by atoms with Crippen molar-refractivity contribution in [2.75, 3.05) is 12.0 Å². The van der Waals surface area contributed by atoms with Crippen LogP contribution in [0.1, 0.15) is 24.8 Å². The van der Waals surface area contributed by atoms with Crippen LogP contribution in [0.5, 0.6) is 0 Å². The van der Waals surface area contributed by atoms with Gasteiger partial charge in [-0.05, 0) is 37.5 Å². The molecule has 19 heavy (non-hydrogen) atoms. The number of esters is 1. The molecule has 0 N–H and O–H groups in total. The van der Waals surface area contributed by atoms with Gasteiger partial charge < -0.3 is 4.74 Å². The van der Waals surface area contributed by atoms with Gasteiger partial charge in [-0.25, -0.2) is 4.79 Å². The van der Waals surface area contributed by atoms with Crippen molar-refractivity contribution in [2.45, 2.75) is 32.2 Å². The monoisotopic (exact) mass is 281 g/mol. The first-order valence-corrected chi connectivity index (χ1v) is 6.58. The van der Waals surface area contributed by atoms with Crippen molar-refractivity contribution in [2.24, 2.45) is 0 Å². The predicted octanol–water partition coefficient (Wildman–Crippen LogP) is 2.71.